The smallest absolute Gasteiger partial charge is 0.391 e. The summed E-state index contributed by atoms with van der Waals surface area (Å²) in [6.07, 6.45) is -0.721. The van der Waals surface area contributed by atoms with Crippen LogP contribution in [0, 0.1) is 11.7 Å². The van der Waals surface area contributed by atoms with Gasteiger partial charge in [-0.15, -0.1) is 10.2 Å². The standard InChI is InChI=1S/C21H24F4N6O3/c22-16-11-13(26-20(33)31-8-6-12(7-9-31)21(23,24)25)10-15(18-27-29-30-28-18)17(16)19(32)34-14-4-2-1-3-5-14/h10-12,14H,1-9H2,(H,26,33)(H,27,28,29,30). The maximum absolute atomic E-state index is 15.1. The molecule has 2 N–H and O–H groups in total. The van der Waals surface area contributed by atoms with Crippen LogP contribution in [0.2, 0.25) is 0 Å². The average Bonchev–Trinajstić information content (AvgIpc) is 3.34. The van der Waals surface area contributed by atoms with Gasteiger partial charge in [0.05, 0.1) is 5.92 Å². The Morgan fingerprint density at radius 3 is 2.41 bits per heavy atom. The summed E-state index contributed by atoms with van der Waals surface area (Å²) in [5, 5.41) is 15.8. The second-order valence-corrected chi connectivity index (χ2v) is 8.51. The number of rotatable bonds is 4. The molecule has 1 aliphatic carbocycles. The number of tetrazole rings is 1. The maximum Gasteiger partial charge on any atom is 0.391 e. The first kappa shape index (κ1) is 23.9. The molecular formula is C21H24F4N6O3. The van der Waals surface area contributed by atoms with Crippen LogP contribution in [0.5, 0.6) is 0 Å². The molecular weight excluding hydrogens is 460 g/mol. The minimum absolute atomic E-state index is 0.00513. The highest BCUT2D eigenvalue weighted by Gasteiger charge is 2.41. The van der Waals surface area contributed by atoms with Crippen molar-refractivity contribution < 1.29 is 31.9 Å². The number of aromatic nitrogens is 4. The molecule has 1 aromatic carbocycles. The van der Waals surface area contributed by atoms with Crippen molar-refractivity contribution in [2.75, 3.05) is 18.4 Å². The zero-order valence-corrected chi connectivity index (χ0v) is 18.2. The number of hydrogen-bond donors (Lipinski definition) is 2. The number of nitrogens with zero attached hydrogens (tertiary/aromatic N) is 4. The maximum atomic E-state index is 15.1. The third-order valence-electron chi connectivity index (χ3n) is 6.20. The van der Waals surface area contributed by atoms with Crippen molar-refractivity contribution in [1.29, 1.82) is 0 Å². The number of piperidine rings is 1. The number of aromatic amines is 1. The lowest BCUT2D eigenvalue weighted by Crippen LogP contribution is -2.44. The number of carbonyl (C=O) groups is 2. The molecule has 1 aliphatic heterocycles. The molecule has 2 aromatic rings. The first-order chi connectivity index (χ1) is 16.2. The van der Waals surface area contributed by atoms with Gasteiger partial charge in [0.1, 0.15) is 17.5 Å². The van der Waals surface area contributed by atoms with Gasteiger partial charge < -0.3 is 15.0 Å². The molecule has 2 fully saturated rings. The zero-order valence-electron chi connectivity index (χ0n) is 18.2. The Kier molecular flexibility index (Phi) is 6.98. The Balaban J connectivity index is 1.52. The Morgan fingerprint density at radius 2 is 1.79 bits per heavy atom. The van der Waals surface area contributed by atoms with Gasteiger partial charge in [-0.3, -0.25) is 0 Å². The number of H-pyrrole nitrogens is 1. The number of esters is 1. The molecule has 1 aromatic heterocycles. The van der Waals surface area contributed by atoms with E-state index in [0.717, 1.165) is 25.3 Å². The average molecular weight is 484 g/mol. The van der Waals surface area contributed by atoms with E-state index in [4.69, 9.17) is 4.74 Å². The molecule has 13 heteroatoms. The number of carbonyl (C=O) groups excluding carboxylic acids is 2. The van der Waals surface area contributed by atoms with Gasteiger partial charge in [0.25, 0.3) is 0 Å². The lowest BCUT2D eigenvalue weighted by atomic mass is 9.96. The number of ether oxygens (including phenoxy) is 1. The Bertz CT molecular complexity index is 1020. The Labute approximate surface area is 192 Å². The normalized spacial score (nSPS) is 18.1. The molecule has 1 saturated heterocycles. The highest BCUT2D eigenvalue weighted by molar-refractivity contribution is 5.99. The van der Waals surface area contributed by atoms with Gasteiger partial charge >= 0.3 is 18.2 Å². The SMILES string of the molecule is O=C(OC1CCCCC1)c1c(F)cc(NC(=O)N2CCC(C(F)(F)F)CC2)cc1-c1nn[nH]n1. The number of urea groups is 1. The zero-order chi connectivity index (χ0) is 24.3. The fraction of sp³-hybridized carbons (Fsp3) is 0.571. The van der Waals surface area contributed by atoms with E-state index >= 15 is 4.39 Å². The van der Waals surface area contributed by atoms with Crippen molar-refractivity contribution in [1.82, 2.24) is 25.5 Å². The third kappa shape index (κ3) is 5.45. The fourth-order valence-electron chi connectivity index (χ4n) is 4.34. The lowest BCUT2D eigenvalue weighted by Gasteiger charge is -2.32. The number of alkyl halides is 3. The molecule has 184 valence electrons. The molecule has 1 saturated carbocycles. The lowest BCUT2D eigenvalue weighted by molar-refractivity contribution is -0.183. The van der Waals surface area contributed by atoms with Crippen molar-refractivity contribution in [3.8, 4) is 11.4 Å². The molecule has 9 nitrogen and oxygen atoms in total. The van der Waals surface area contributed by atoms with Crippen molar-refractivity contribution in [3.63, 3.8) is 0 Å². The van der Waals surface area contributed by atoms with Crippen molar-refractivity contribution in [3.05, 3.63) is 23.5 Å². The van der Waals surface area contributed by atoms with Crippen LogP contribution in [0.15, 0.2) is 12.1 Å². The van der Waals surface area contributed by atoms with Crippen LogP contribution in [0.4, 0.5) is 28.0 Å². The van der Waals surface area contributed by atoms with Crippen LogP contribution >= 0.6 is 0 Å². The fourth-order valence-corrected chi connectivity index (χ4v) is 4.34. The first-order valence-corrected chi connectivity index (χ1v) is 11.1. The van der Waals surface area contributed by atoms with E-state index in [1.807, 2.05) is 0 Å². The summed E-state index contributed by atoms with van der Waals surface area (Å²) in [5.74, 6) is -3.34. The highest BCUT2D eigenvalue weighted by atomic mass is 19.4. The van der Waals surface area contributed by atoms with Gasteiger partial charge in [0.2, 0.25) is 5.82 Å². The number of benzene rings is 1. The Hall–Kier alpha value is -3.25. The number of amides is 2. The predicted octanol–water partition coefficient (Wildman–Crippen LogP) is 4.30. The van der Waals surface area contributed by atoms with Crippen molar-refractivity contribution in [2.45, 2.75) is 57.2 Å². The topological polar surface area (TPSA) is 113 Å². The molecule has 0 unspecified atom stereocenters. The number of anilines is 1. The molecule has 2 amide bonds. The van der Waals surface area contributed by atoms with Gasteiger partial charge in [-0.05, 0) is 55.9 Å². The number of likely N-dealkylation sites (tertiary alicyclic amines) is 1. The summed E-state index contributed by atoms with van der Waals surface area (Å²) in [5.41, 5.74) is -0.411. The molecule has 0 bridgehead atoms. The summed E-state index contributed by atoms with van der Waals surface area (Å²) in [6, 6.07) is 1.60. The van der Waals surface area contributed by atoms with E-state index in [2.05, 4.69) is 25.9 Å². The van der Waals surface area contributed by atoms with E-state index in [1.165, 1.54) is 11.0 Å². The summed E-state index contributed by atoms with van der Waals surface area (Å²) >= 11 is 0. The van der Waals surface area contributed by atoms with Crippen LogP contribution in [-0.2, 0) is 4.74 Å². The summed E-state index contributed by atoms with van der Waals surface area (Å²) in [4.78, 5) is 26.6. The van der Waals surface area contributed by atoms with Crippen molar-refractivity contribution in [2.24, 2.45) is 5.92 Å². The molecule has 2 aliphatic rings. The van der Waals surface area contributed by atoms with E-state index in [9.17, 15) is 22.8 Å². The van der Waals surface area contributed by atoms with Crippen molar-refractivity contribution >= 4 is 17.7 Å². The summed E-state index contributed by atoms with van der Waals surface area (Å²) in [6.45, 7) is -0.163. The van der Waals surface area contributed by atoms with Crippen LogP contribution in [0.1, 0.15) is 55.3 Å². The summed E-state index contributed by atoms with van der Waals surface area (Å²) in [7, 11) is 0. The molecule has 0 radical (unpaired) electrons. The highest BCUT2D eigenvalue weighted by Crippen LogP contribution is 2.34. The monoisotopic (exact) mass is 484 g/mol. The Morgan fingerprint density at radius 1 is 1.09 bits per heavy atom. The van der Waals surface area contributed by atoms with E-state index in [-0.39, 0.29) is 54.7 Å². The number of nitrogens with one attached hydrogen (secondary N) is 2. The second kappa shape index (κ2) is 9.94. The largest absolute Gasteiger partial charge is 0.459 e. The van der Waals surface area contributed by atoms with Crippen LogP contribution < -0.4 is 5.32 Å². The van der Waals surface area contributed by atoms with Crippen LogP contribution in [0.3, 0.4) is 0 Å². The van der Waals surface area contributed by atoms with E-state index < -0.39 is 29.9 Å². The quantitative estimate of drug-likeness (QED) is 0.494. The first-order valence-electron chi connectivity index (χ1n) is 11.1. The van der Waals surface area contributed by atoms with Gasteiger partial charge in [-0.2, -0.15) is 18.4 Å². The van der Waals surface area contributed by atoms with Gasteiger partial charge in [0.15, 0.2) is 0 Å². The molecule has 4 rings (SSSR count). The predicted molar refractivity (Wildman–Crippen MR) is 111 cm³/mol. The van der Waals surface area contributed by atoms with E-state index in [0.29, 0.717) is 12.8 Å². The van der Waals surface area contributed by atoms with Gasteiger partial charge in [-0.1, -0.05) is 6.42 Å². The molecule has 0 atom stereocenters. The second-order valence-electron chi connectivity index (χ2n) is 8.51. The van der Waals surface area contributed by atoms with Crippen LogP contribution in [0.25, 0.3) is 11.4 Å². The van der Waals surface area contributed by atoms with E-state index in [1.54, 1.807) is 0 Å². The summed E-state index contributed by atoms with van der Waals surface area (Å²) < 4.78 is 59.2. The number of halogens is 4. The van der Waals surface area contributed by atoms with Gasteiger partial charge in [-0.25, -0.2) is 14.0 Å². The molecule has 2 heterocycles. The van der Waals surface area contributed by atoms with Gasteiger partial charge in [0, 0.05) is 24.3 Å². The number of hydrogen-bond acceptors (Lipinski definition) is 6. The minimum Gasteiger partial charge on any atom is -0.459 e. The van der Waals surface area contributed by atoms with Crippen LogP contribution in [-0.4, -0.2) is 62.9 Å². The third-order valence-corrected chi connectivity index (χ3v) is 6.20. The minimum atomic E-state index is -4.30. The molecule has 34 heavy (non-hydrogen) atoms. The molecule has 0 spiro atoms.